The summed E-state index contributed by atoms with van der Waals surface area (Å²) in [5.74, 6) is -0.697. The quantitative estimate of drug-likeness (QED) is 0.714. The minimum Gasteiger partial charge on any atom is -0.497 e. The standard InChI is InChI=1S/C21H23F2NO3/c1-26-16-6-7-17(20(11-16)27-2)21(25)15-4-3-9-24(13-15)12-14-5-8-18(22)19(23)10-14/h5-8,10-11,15H,3-4,9,12-13H2,1-2H3/t15-/m1/s1. The van der Waals surface area contributed by atoms with Crippen LogP contribution >= 0.6 is 0 Å². The summed E-state index contributed by atoms with van der Waals surface area (Å²) in [6.45, 7) is 1.89. The lowest BCUT2D eigenvalue weighted by Crippen LogP contribution is -2.38. The molecule has 144 valence electrons. The lowest BCUT2D eigenvalue weighted by atomic mass is 9.89. The number of carbonyl (C=O) groups excluding carboxylic acids is 1. The number of rotatable bonds is 6. The first-order valence-corrected chi connectivity index (χ1v) is 8.94. The molecule has 2 aromatic carbocycles. The number of methoxy groups -OCH3 is 2. The molecule has 6 heteroatoms. The highest BCUT2D eigenvalue weighted by atomic mass is 19.2. The van der Waals surface area contributed by atoms with E-state index < -0.39 is 11.6 Å². The van der Waals surface area contributed by atoms with Crippen LogP contribution in [0.3, 0.4) is 0 Å². The van der Waals surface area contributed by atoms with Crippen molar-refractivity contribution in [1.82, 2.24) is 4.90 Å². The Morgan fingerprint density at radius 2 is 1.93 bits per heavy atom. The second-order valence-electron chi connectivity index (χ2n) is 6.75. The van der Waals surface area contributed by atoms with Crippen molar-refractivity contribution < 1.29 is 23.0 Å². The highest BCUT2D eigenvalue weighted by molar-refractivity contribution is 6.00. The molecule has 3 rings (SSSR count). The number of ketones is 1. The van der Waals surface area contributed by atoms with Crippen LogP contribution in [-0.4, -0.2) is 38.0 Å². The number of hydrogen-bond acceptors (Lipinski definition) is 4. The Labute approximate surface area is 157 Å². The summed E-state index contributed by atoms with van der Waals surface area (Å²) in [4.78, 5) is 15.1. The smallest absolute Gasteiger partial charge is 0.170 e. The van der Waals surface area contributed by atoms with Crippen molar-refractivity contribution in [3.05, 3.63) is 59.2 Å². The van der Waals surface area contributed by atoms with Gasteiger partial charge in [0.05, 0.1) is 19.8 Å². The molecule has 0 spiro atoms. The third-order valence-electron chi connectivity index (χ3n) is 4.94. The molecule has 0 radical (unpaired) electrons. The van der Waals surface area contributed by atoms with Crippen molar-refractivity contribution in [2.45, 2.75) is 19.4 Å². The first-order valence-electron chi connectivity index (χ1n) is 8.94. The summed E-state index contributed by atoms with van der Waals surface area (Å²) in [6, 6.07) is 9.12. The number of nitrogens with zero attached hydrogens (tertiary/aromatic N) is 1. The maximum Gasteiger partial charge on any atom is 0.170 e. The summed E-state index contributed by atoms with van der Waals surface area (Å²) in [5.41, 5.74) is 1.24. The van der Waals surface area contributed by atoms with Crippen molar-refractivity contribution in [2.24, 2.45) is 5.92 Å². The van der Waals surface area contributed by atoms with Gasteiger partial charge < -0.3 is 9.47 Å². The SMILES string of the molecule is COc1ccc(C(=O)[C@@H]2CCCN(Cc3ccc(F)c(F)c3)C2)c(OC)c1. The summed E-state index contributed by atoms with van der Waals surface area (Å²) in [6.07, 6.45) is 1.67. The van der Waals surface area contributed by atoms with Crippen LogP contribution in [-0.2, 0) is 6.54 Å². The zero-order chi connectivity index (χ0) is 19.4. The zero-order valence-electron chi connectivity index (χ0n) is 15.5. The molecule has 2 aromatic rings. The zero-order valence-corrected chi connectivity index (χ0v) is 15.5. The molecule has 1 saturated heterocycles. The van der Waals surface area contributed by atoms with Gasteiger partial charge in [-0.25, -0.2) is 8.78 Å². The van der Waals surface area contributed by atoms with Gasteiger partial charge >= 0.3 is 0 Å². The molecular formula is C21H23F2NO3. The number of piperidine rings is 1. The summed E-state index contributed by atoms with van der Waals surface area (Å²) >= 11 is 0. The van der Waals surface area contributed by atoms with Gasteiger partial charge in [0, 0.05) is 25.1 Å². The van der Waals surface area contributed by atoms with Crippen LogP contribution in [0.5, 0.6) is 11.5 Å². The Hall–Kier alpha value is -2.47. The van der Waals surface area contributed by atoms with E-state index in [0.29, 0.717) is 35.7 Å². The van der Waals surface area contributed by atoms with Crippen LogP contribution in [0.2, 0.25) is 0 Å². The topological polar surface area (TPSA) is 38.8 Å². The van der Waals surface area contributed by atoms with Gasteiger partial charge in [0.15, 0.2) is 17.4 Å². The monoisotopic (exact) mass is 375 g/mol. The van der Waals surface area contributed by atoms with E-state index in [2.05, 4.69) is 4.90 Å². The fraction of sp³-hybridized carbons (Fsp3) is 0.381. The molecule has 4 nitrogen and oxygen atoms in total. The molecule has 0 amide bonds. The van der Waals surface area contributed by atoms with Gasteiger partial charge in [0.2, 0.25) is 0 Å². The second-order valence-corrected chi connectivity index (χ2v) is 6.75. The summed E-state index contributed by atoms with van der Waals surface area (Å²) in [5, 5.41) is 0. The van der Waals surface area contributed by atoms with E-state index in [0.717, 1.165) is 25.5 Å². The minimum absolute atomic E-state index is 0.0319. The fourth-order valence-electron chi connectivity index (χ4n) is 3.53. The Morgan fingerprint density at radius 3 is 2.63 bits per heavy atom. The van der Waals surface area contributed by atoms with Gasteiger partial charge in [0.1, 0.15) is 11.5 Å². The van der Waals surface area contributed by atoms with Crippen LogP contribution in [0.4, 0.5) is 8.78 Å². The number of Topliss-reactive ketones (excluding diaryl/α,β-unsaturated/α-hetero) is 1. The van der Waals surface area contributed by atoms with E-state index in [9.17, 15) is 13.6 Å². The van der Waals surface area contributed by atoms with Crippen LogP contribution in [0, 0.1) is 17.6 Å². The van der Waals surface area contributed by atoms with Crippen molar-refractivity contribution in [1.29, 1.82) is 0 Å². The second kappa shape index (κ2) is 8.48. The molecule has 0 aliphatic carbocycles. The summed E-state index contributed by atoms with van der Waals surface area (Å²) < 4.78 is 37.1. The van der Waals surface area contributed by atoms with E-state index in [-0.39, 0.29) is 11.7 Å². The molecule has 1 fully saturated rings. The molecule has 1 aliphatic heterocycles. The minimum atomic E-state index is -0.850. The van der Waals surface area contributed by atoms with Gasteiger partial charge in [-0.05, 0) is 49.2 Å². The first-order chi connectivity index (χ1) is 13.0. The number of likely N-dealkylation sites (tertiary alicyclic amines) is 1. The van der Waals surface area contributed by atoms with Crippen molar-refractivity contribution in [3.63, 3.8) is 0 Å². The Kier molecular flexibility index (Phi) is 6.06. The maximum absolute atomic E-state index is 13.4. The molecule has 1 atom stereocenters. The van der Waals surface area contributed by atoms with Gasteiger partial charge in [-0.3, -0.25) is 9.69 Å². The Morgan fingerprint density at radius 1 is 1.11 bits per heavy atom. The van der Waals surface area contributed by atoms with Gasteiger partial charge in [-0.15, -0.1) is 0 Å². The van der Waals surface area contributed by atoms with E-state index >= 15 is 0 Å². The predicted octanol–water partition coefficient (Wildman–Crippen LogP) is 4.08. The van der Waals surface area contributed by atoms with E-state index in [1.54, 1.807) is 31.4 Å². The van der Waals surface area contributed by atoms with E-state index in [1.165, 1.54) is 13.2 Å². The highest BCUT2D eigenvalue weighted by Crippen LogP contribution is 2.30. The van der Waals surface area contributed by atoms with Crippen LogP contribution in [0.15, 0.2) is 36.4 Å². The molecule has 0 unspecified atom stereocenters. The molecule has 0 N–H and O–H groups in total. The molecule has 0 saturated carbocycles. The number of ether oxygens (including phenoxy) is 2. The highest BCUT2D eigenvalue weighted by Gasteiger charge is 2.28. The van der Waals surface area contributed by atoms with E-state index in [4.69, 9.17) is 9.47 Å². The number of halogens is 2. The van der Waals surface area contributed by atoms with Crippen molar-refractivity contribution in [2.75, 3.05) is 27.3 Å². The number of carbonyl (C=O) groups is 1. The summed E-state index contributed by atoms with van der Waals surface area (Å²) in [7, 11) is 3.09. The van der Waals surface area contributed by atoms with Gasteiger partial charge in [-0.1, -0.05) is 6.07 Å². The first kappa shape index (κ1) is 19.3. The Bertz CT molecular complexity index is 825. The van der Waals surface area contributed by atoms with Crippen molar-refractivity contribution in [3.8, 4) is 11.5 Å². The molecular weight excluding hydrogens is 352 g/mol. The lowest BCUT2D eigenvalue weighted by molar-refractivity contribution is 0.0808. The predicted molar refractivity (Wildman–Crippen MR) is 98.2 cm³/mol. The third kappa shape index (κ3) is 4.45. The van der Waals surface area contributed by atoms with Gasteiger partial charge in [0.25, 0.3) is 0 Å². The average Bonchev–Trinajstić information content (AvgIpc) is 2.70. The molecule has 0 aromatic heterocycles. The van der Waals surface area contributed by atoms with E-state index in [1.807, 2.05) is 0 Å². The van der Waals surface area contributed by atoms with Crippen LogP contribution in [0.1, 0.15) is 28.8 Å². The van der Waals surface area contributed by atoms with Crippen LogP contribution in [0.25, 0.3) is 0 Å². The molecule has 1 heterocycles. The fourth-order valence-corrected chi connectivity index (χ4v) is 3.53. The number of benzene rings is 2. The maximum atomic E-state index is 13.4. The molecule has 0 bridgehead atoms. The third-order valence-corrected chi connectivity index (χ3v) is 4.94. The molecule has 1 aliphatic rings. The van der Waals surface area contributed by atoms with Crippen molar-refractivity contribution >= 4 is 5.78 Å². The number of hydrogen-bond donors (Lipinski definition) is 0. The average molecular weight is 375 g/mol. The van der Waals surface area contributed by atoms with Gasteiger partial charge in [-0.2, -0.15) is 0 Å². The Balaban J connectivity index is 1.72. The molecule has 27 heavy (non-hydrogen) atoms. The largest absolute Gasteiger partial charge is 0.497 e. The van der Waals surface area contributed by atoms with Crippen LogP contribution < -0.4 is 9.47 Å². The normalized spacial score (nSPS) is 17.6. The lowest BCUT2D eigenvalue weighted by Gasteiger charge is -2.32.